The van der Waals surface area contributed by atoms with Gasteiger partial charge in [-0.2, -0.15) is 13.2 Å². The van der Waals surface area contributed by atoms with Crippen LogP contribution >= 0.6 is 0 Å². The quantitative estimate of drug-likeness (QED) is 0.326. The standard InChI is InChI=1S/C26H26F3N7O3S/c1-4-40(38,39)18-9-5-16(6-10-18)11-30-23-25(37)36(15(3)26(27,28)29)24-19(34-23)12-31-22(35-24)20-14(2)32-13-33-21(20)17-7-8-17/h5-6,9-10,12-13,15,17H,4,7-8,11H2,1-3H3,(H,30,34)/t15-/m0/s1. The van der Waals surface area contributed by atoms with Gasteiger partial charge in [-0.15, -0.1) is 0 Å². The fraction of sp³-hybridized carbons (Fsp3) is 0.385. The van der Waals surface area contributed by atoms with E-state index in [2.05, 4.69) is 30.2 Å². The summed E-state index contributed by atoms with van der Waals surface area (Å²) in [6.45, 7) is 4.19. The van der Waals surface area contributed by atoms with Crippen molar-refractivity contribution in [3.8, 4) is 11.4 Å². The average Bonchev–Trinajstić information content (AvgIpc) is 3.77. The Bertz CT molecular complexity index is 1750. The summed E-state index contributed by atoms with van der Waals surface area (Å²) in [5.74, 6) is -0.0404. The summed E-state index contributed by atoms with van der Waals surface area (Å²) >= 11 is 0. The second-order valence-electron chi connectivity index (χ2n) is 9.65. The van der Waals surface area contributed by atoms with Crippen molar-refractivity contribution in [3.63, 3.8) is 0 Å². The summed E-state index contributed by atoms with van der Waals surface area (Å²) in [6.07, 6.45) is -0.159. The molecule has 3 heterocycles. The summed E-state index contributed by atoms with van der Waals surface area (Å²) in [4.78, 5) is 35.1. The van der Waals surface area contributed by atoms with Crippen molar-refractivity contribution in [2.24, 2.45) is 0 Å². The number of benzene rings is 1. The number of hydrogen-bond donors (Lipinski definition) is 1. The van der Waals surface area contributed by atoms with Crippen LogP contribution in [0.25, 0.3) is 22.6 Å². The number of aryl methyl sites for hydroxylation is 1. The van der Waals surface area contributed by atoms with E-state index in [-0.39, 0.29) is 45.9 Å². The highest BCUT2D eigenvalue weighted by atomic mass is 32.2. The largest absolute Gasteiger partial charge is 0.409 e. The lowest BCUT2D eigenvalue weighted by atomic mass is 10.1. The molecule has 0 radical (unpaired) electrons. The molecule has 1 atom stereocenters. The Balaban J connectivity index is 1.57. The summed E-state index contributed by atoms with van der Waals surface area (Å²) < 4.78 is 66.5. The predicted molar refractivity (Wildman–Crippen MR) is 142 cm³/mol. The van der Waals surface area contributed by atoms with E-state index < -0.39 is 27.6 Å². The molecule has 4 aromatic rings. The van der Waals surface area contributed by atoms with Gasteiger partial charge in [-0.3, -0.25) is 9.36 Å². The summed E-state index contributed by atoms with van der Waals surface area (Å²) in [6, 6.07) is 3.79. The molecule has 0 spiro atoms. The summed E-state index contributed by atoms with van der Waals surface area (Å²) in [5, 5.41) is 2.79. The van der Waals surface area contributed by atoms with E-state index in [0.29, 0.717) is 21.4 Å². The number of hydrogen-bond acceptors (Lipinski definition) is 9. The van der Waals surface area contributed by atoms with Gasteiger partial charge < -0.3 is 5.32 Å². The molecule has 1 aromatic carbocycles. The van der Waals surface area contributed by atoms with Gasteiger partial charge in [0.1, 0.15) is 17.9 Å². The van der Waals surface area contributed by atoms with Crippen LogP contribution in [0.15, 0.2) is 46.5 Å². The van der Waals surface area contributed by atoms with Crippen LogP contribution in [0.5, 0.6) is 0 Å². The molecule has 0 unspecified atom stereocenters. The molecule has 3 aromatic heterocycles. The minimum atomic E-state index is -4.74. The van der Waals surface area contributed by atoms with E-state index in [1.54, 1.807) is 19.1 Å². The van der Waals surface area contributed by atoms with Crippen molar-refractivity contribution in [3.05, 3.63) is 64.1 Å². The molecule has 1 aliphatic carbocycles. The second-order valence-corrected chi connectivity index (χ2v) is 11.9. The van der Waals surface area contributed by atoms with E-state index in [1.807, 2.05) is 0 Å². The van der Waals surface area contributed by atoms with Crippen molar-refractivity contribution in [1.82, 2.24) is 29.5 Å². The molecule has 0 aliphatic heterocycles. The first-order valence-electron chi connectivity index (χ1n) is 12.6. The van der Waals surface area contributed by atoms with Crippen LogP contribution in [0.2, 0.25) is 0 Å². The third kappa shape index (κ3) is 5.27. The van der Waals surface area contributed by atoms with Gasteiger partial charge in [0.2, 0.25) is 0 Å². The second kappa shape index (κ2) is 10.2. The lowest BCUT2D eigenvalue weighted by molar-refractivity contribution is -0.162. The van der Waals surface area contributed by atoms with E-state index in [1.165, 1.54) is 31.6 Å². The zero-order valence-corrected chi connectivity index (χ0v) is 22.7. The third-order valence-corrected chi connectivity index (χ3v) is 8.62. The van der Waals surface area contributed by atoms with Gasteiger partial charge in [-0.25, -0.2) is 33.3 Å². The van der Waals surface area contributed by atoms with Crippen molar-refractivity contribution < 1.29 is 21.6 Å². The topological polar surface area (TPSA) is 133 Å². The van der Waals surface area contributed by atoms with Crippen molar-refractivity contribution in [2.75, 3.05) is 11.1 Å². The van der Waals surface area contributed by atoms with Gasteiger partial charge in [0, 0.05) is 12.5 Å². The molecular weight excluding hydrogens is 547 g/mol. The number of rotatable bonds is 8. The van der Waals surface area contributed by atoms with Gasteiger partial charge >= 0.3 is 6.18 Å². The van der Waals surface area contributed by atoms with Gasteiger partial charge in [-0.05, 0) is 44.4 Å². The van der Waals surface area contributed by atoms with Gasteiger partial charge in [0.15, 0.2) is 27.1 Å². The first-order valence-corrected chi connectivity index (χ1v) is 14.3. The Hall–Kier alpha value is -3.94. The Morgan fingerprint density at radius 2 is 1.80 bits per heavy atom. The first-order chi connectivity index (χ1) is 18.9. The summed E-state index contributed by atoms with van der Waals surface area (Å²) in [7, 11) is -3.39. The fourth-order valence-corrected chi connectivity index (χ4v) is 5.23. The van der Waals surface area contributed by atoms with Gasteiger partial charge in [0.05, 0.1) is 33.8 Å². The number of nitrogens with one attached hydrogen (secondary N) is 1. The average molecular weight is 574 g/mol. The highest BCUT2D eigenvalue weighted by Crippen LogP contribution is 2.43. The van der Waals surface area contributed by atoms with Crippen molar-refractivity contribution >= 4 is 26.8 Å². The fourth-order valence-electron chi connectivity index (χ4n) is 4.34. The molecule has 5 rings (SSSR count). The van der Waals surface area contributed by atoms with Crippen molar-refractivity contribution in [1.29, 1.82) is 0 Å². The first kappa shape index (κ1) is 27.6. The van der Waals surface area contributed by atoms with Crippen LogP contribution in [-0.4, -0.2) is 49.8 Å². The molecule has 10 nitrogen and oxygen atoms in total. The Morgan fingerprint density at radius 1 is 1.10 bits per heavy atom. The van der Waals surface area contributed by atoms with Crippen molar-refractivity contribution in [2.45, 2.75) is 63.2 Å². The van der Waals surface area contributed by atoms with E-state index >= 15 is 0 Å². The number of sulfone groups is 1. The zero-order valence-electron chi connectivity index (χ0n) is 21.9. The number of aromatic nitrogens is 6. The lowest BCUT2D eigenvalue weighted by Gasteiger charge is -2.21. The zero-order chi connectivity index (χ0) is 28.8. The molecule has 1 N–H and O–H groups in total. The van der Waals surface area contributed by atoms with Crippen LogP contribution in [-0.2, 0) is 16.4 Å². The number of halogens is 3. The van der Waals surface area contributed by atoms with E-state index in [0.717, 1.165) is 25.5 Å². The number of fused-ring (bicyclic) bond motifs is 1. The monoisotopic (exact) mass is 573 g/mol. The number of nitrogens with zero attached hydrogens (tertiary/aromatic N) is 6. The van der Waals surface area contributed by atoms with Crippen LogP contribution in [0.3, 0.4) is 0 Å². The Labute approximate surface area is 227 Å². The lowest BCUT2D eigenvalue weighted by Crippen LogP contribution is -2.35. The predicted octanol–water partition coefficient (Wildman–Crippen LogP) is 4.36. The Kier molecular flexibility index (Phi) is 7.06. The van der Waals surface area contributed by atoms with Crippen LogP contribution in [0, 0.1) is 6.92 Å². The Morgan fingerprint density at radius 3 is 2.42 bits per heavy atom. The molecule has 0 saturated heterocycles. The normalized spacial score (nSPS) is 14.8. The molecule has 0 bridgehead atoms. The minimum Gasteiger partial charge on any atom is -0.361 e. The van der Waals surface area contributed by atoms with E-state index in [4.69, 9.17) is 0 Å². The van der Waals surface area contributed by atoms with Crippen LogP contribution in [0.1, 0.15) is 55.6 Å². The van der Waals surface area contributed by atoms with Gasteiger partial charge in [-0.1, -0.05) is 19.1 Å². The molecular formula is C26H26F3N7O3S. The van der Waals surface area contributed by atoms with Crippen LogP contribution in [0.4, 0.5) is 19.0 Å². The SMILES string of the molecule is CCS(=O)(=O)c1ccc(CNc2nc3cnc(-c4c(C)ncnc4C4CC4)nc3n([C@@H](C)C(F)(F)F)c2=O)cc1. The van der Waals surface area contributed by atoms with Crippen LogP contribution < -0.4 is 10.9 Å². The molecule has 0 amide bonds. The highest BCUT2D eigenvalue weighted by molar-refractivity contribution is 7.91. The maximum Gasteiger partial charge on any atom is 0.409 e. The smallest absolute Gasteiger partial charge is 0.361 e. The molecule has 40 heavy (non-hydrogen) atoms. The minimum absolute atomic E-state index is 0.00573. The van der Waals surface area contributed by atoms with E-state index in [9.17, 15) is 26.4 Å². The highest BCUT2D eigenvalue weighted by Gasteiger charge is 2.40. The number of anilines is 1. The molecule has 1 fully saturated rings. The third-order valence-electron chi connectivity index (χ3n) is 6.87. The molecule has 1 aliphatic rings. The number of alkyl halides is 3. The van der Waals surface area contributed by atoms with Gasteiger partial charge in [0.25, 0.3) is 5.56 Å². The maximum absolute atomic E-state index is 13.9. The molecule has 210 valence electrons. The maximum atomic E-state index is 13.9. The summed E-state index contributed by atoms with van der Waals surface area (Å²) in [5.41, 5.74) is 1.19. The molecule has 1 saturated carbocycles. The molecule has 14 heteroatoms.